The van der Waals surface area contributed by atoms with Crippen molar-refractivity contribution in [1.82, 2.24) is 5.32 Å². The van der Waals surface area contributed by atoms with Crippen molar-refractivity contribution in [2.24, 2.45) is 23.7 Å². The Kier molecular flexibility index (Phi) is 2.48. The van der Waals surface area contributed by atoms with Crippen LogP contribution in [-0.2, 0) is 9.59 Å². The summed E-state index contributed by atoms with van der Waals surface area (Å²) in [4.78, 5) is 23.5. The molecular weight excluding hydrogens is 234 g/mol. The van der Waals surface area contributed by atoms with Crippen LogP contribution < -0.4 is 5.32 Å². The molecule has 2 fully saturated rings. The van der Waals surface area contributed by atoms with Crippen molar-refractivity contribution in [3.8, 4) is 0 Å². The van der Waals surface area contributed by atoms with Crippen molar-refractivity contribution in [2.45, 2.75) is 24.8 Å². The SMILES string of the molecule is O=C(O)[C@@H]1C2C=CC(C2)[C@@H]1C(=O)NC1(CO)CC1. The highest BCUT2D eigenvalue weighted by atomic mass is 16.4. The molecule has 5 nitrogen and oxygen atoms in total. The van der Waals surface area contributed by atoms with Crippen LogP contribution in [0.15, 0.2) is 12.2 Å². The second-order valence-electron chi connectivity index (χ2n) is 5.77. The zero-order chi connectivity index (χ0) is 12.9. The van der Waals surface area contributed by atoms with Gasteiger partial charge in [-0.3, -0.25) is 9.59 Å². The second-order valence-corrected chi connectivity index (χ2v) is 5.77. The number of fused-ring (bicyclic) bond motifs is 2. The molecule has 3 aliphatic rings. The van der Waals surface area contributed by atoms with E-state index in [0.29, 0.717) is 0 Å². The van der Waals surface area contributed by atoms with Gasteiger partial charge in [0.25, 0.3) is 0 Å². The zero-order valence-corrected chi connectivity index (χ0v) is 10.0. The third kappa shape index (κ3) is 1.65. The van der Waals surface area contributed by atoms with E-state index >= 15 is 0 Å². The van der Waals surface area contributed by atoms with Crippen molar-refractivity contribution >= 4 is 11.9 Å². The molecule has 0 aromatic rings. The fourth-order valence-corrected chi connectivity index (χ4v) is 3.33. The number of carboxylic acid groups (broad SMARTS) is 1. The van der Waals surface area contributed by atoms with E-state index in [1.54, 1.807) is 0 Å². The third-order valence-corrected chi connectivity index (χ3v) is 4.59. The average molecular weight is 251 g/mol. The van der Waals surface area contributed by atoms with Crippen LogP contribution in [-0.4, -0.2) is 34.2 Å². The van der Waals surface area contributed by atoms with E-state index < -0.39 is 23.3 Å². The van der Waals surface area contributed by atoms with Gasteiger partial charge in [-0.05, 0) is 31.1 Å². The highest BCUT2D eigenvalue weighted by Gasteiger charge is 2.54. The first-order valence-electron chi connectivity index (χ1n) is 6.40. The number of rotatable bonds is 4. The molecule has 0 spiro atoms. The molecule has 3 aliphatic carbocycles. The number of aliphatic hydroxyl groups excluding tert-OH is 1. The number of hydrogen-bond acceptors (Lipinski definition) is 3. The lowest BCUT2D eigenvalue weighted by molar-refractivity contribution is -0.148. The van der Waals surface area contributed by atoms with Gasteiger partial charge >= 0.3 is 5.97 Å². The van der Waals surface area contributed by atoms with Crippen molar-refractivity contribution in [3.63, 3.8) is 0 Å². The molecule has 98 valence electrons. The maximum atomic E-state index is 12.2. The minimum atomic E-state index is -0.888. The van der Waals surface area contributed by atoms with Crippen LogP contribution >= 0.6 is 0 Å². The van der Waals surface area contributed by atoms with Crippen LogP contribution in [0.3, 0.4) is 0 Å². The van der Waals surface area contributed by atoms with Crippen molar-refractivity contribution < 1.29 is 19.8 Å². The van der Waals surface area contributed by atoms with Gasteiger partial charge in [0.15, 0.2) is 0 Å². The van der Waals surface area contributed by atoms with Crippen LogP contribution in [0, 0.1) is 23.7 Å². The van der Waals surface area contributed by atoms with Gasteiger partial charge in [0.2, 0.25) is 5.91 Å². The molecule has 2 saturated carbocycles. The van der Waals surface area contributed by atoms with Gasteiger partial charge in [-0.1, -0.05) is 12.2 Å². The van der Waals surface area contributed by atoms with E-state index in [0.717, 1.165) is 19.3 Å². The second kappa shape index (κ2) is 3.82. The van der Waals surface area contributed by atoms with Crippen molar-refractivity contribution in [1.29, 1.82) is 0 Å². The Bertz CT molecular complexity index is 427. The Labute approximate surface area is 105 Å². The van der Waals surface area contributed by atoms with Gasteiger partial charge in [-0.2, -0.15) is 0 Å². The van der Waals surface area contributed by atoms with Crippen LogP contribution in [0.5, 0.6) is 0 Å². The summed E-state index contributed by atoms with van der Waals surface area (Å²) in [6.45, 7) is -0.0624. The van der Waals surface area contributed by atoms with E-state index in [-0.39, 0.29) is 24.3 Å². The Morgan fingerprint density at radius 3 is 2.33 bits per heavy atom. The molecule has 0 aromatic heterocycles. The third-order valence-electron chi connectivity index (χ3n) is 4.59. The molecule has 4 atom stereocenters. The van der Waals surface area contributed by atoms with Crippen molar-refractivity contribution in [3.05, 3.63) is 12.2 Å². The number of hydrogen-bond donors (Lipinski definition) is 3. The quantitative estimate of drug-likeness (QED) is 0.621. The number of aliphatic carboxylic acids is 1. The molecule has 2 unspecified atom stereocenters. The highest BCUT2D eigenvalue weighted by molar-refractivity contribution is 5.87. The van der Waals surface area contributed by atoms with Crippen LogP contribution in [0.25, 0.3) is 0 Å². The van der Waals surface area contributed by atoms with Gasteiger partial charge in [0.1, 0.15) is 0 Å². The fourth-order valence-electron chi connectivity index (χ4n) is 3.33. The summed E-state index contributed by atoms with van der Waals surface area (Å²) in [6, 6.07) is 0. The largest absolute Gasteiger partial charge is 0.481 e. The Morgan fingerprint density at radius 2 is 1.83 bits per heavy atom. The average Bonchev–Trinajstić information content (AvgIpc) is 2.83. The lowest BCUT2D eigenvalue weighted by Crippen LogP contribution is -2.47. The summed E-state index contributed by atoms with van der Waals surface area (Å²) in [7, 11) is 0. The molecule has 2 bridgehead atoms. The van der Waals surface area contributed by atoms with Crippen LogP contribution in [0.4, 0.5) is 0 Å². The molecule has 1 amide bonds. The molecule has 0 radical (unpaired) electrons. The molecule has 3 rings (SSSR count). The molecule has 3 N–H and O–H groups in total. The fraction of sp³-hybridized carbons (Fsp3) is 0.692. The summed E-state index contributed by atoms with van der Waals surface area (Å²) in [6.07, 6.45) is 6.22. The summed E-state index contributed by atoms with van der Waals surface area (Å²) in [5.74, 6) is -2.12. The predicted molar refractivity (Wildman–Crippen MR) is 62.5 cm³/mol. The maximum Gasteiger partial charge on any atom is 0.307 e. The standard InChI is InChI=1S/C13H17NO4/c15-6-13(3-4-13)14-11(16)9-7-1-2-8(5-7)10(9)12(17)18/h1-2,7-10,15H,3-6H2,(H,14,16)(H,17,18)/t7?,8?,9-,10+/m0/s1. The Hall–Kier alpha value is -1.36. The number of carboxylic acids is 1. The lowest BCUT2D eigenvalue weighted by Gasteiger charge is -2.26. The molecule has 0 aliphatic heterocycles. The Morgan fingerprint density at radius 1 is 1.22 bits per heavy atom. The smallest absolute Gasteiger partial charge is 0.307 e. The van der Waals surface area contributed by atoms with E-state index in [2.05, 4.69) is 5.32 Å². The number of nitrogens with one attached hydrogen (secondary N) is 1. The van der Waals surface area contributed by atoms with Gasteiger partial charge in [0.05, 0.1) is 24.0 Å². The van der Waals surface area contributed by atoms with E-state index in [1.807, 2.05) is 12.2 Å². The maximum absolute atomic E-state index is 12.2. The molecule has 0 heterocycles. The number of amides is 1. The molecule has 0 aromatic carbocycles. The summed E-state index contributed by atoms with van der Waals surface area (Å²) >= 11 is 0. The minimum absolute atomic E-state index is 0.00692. The van der Waals surface area contributed by atoms with E-state index in [4.69, 9.17) is 0 Å². The normalized spacial score (nSPS) is 38.7. The van der Waals surface area contributed by atoms with Gasteiger partial charge in [-0.15, -0.1) is 0 Å². The van der Waals surface area contributed by atoms with Crippen molar-refractivity contribution in [2.75, 3.05) is 6.61 Å². The Balaban J connectivity index is 1.76. The minimum Gasteiger partial charge on any atom is -0.481 e. The molecule has 18 heavy (non-hydrogen) atoms. The first-order chi connectivity index (χ1) is 8.56. The van der Waals surface area contributed by atoms with Gasteiger partial charge < -0.3 is 15.5 Å². The monoisotopic (exact) mass is 251 g/mol. The van der Waals surface area contributed by atoms with Gasteiger partial charge in [0, 0.05) is 0 Å². The van der Waals surface area contributed by atoms with Crippen LogP contribution in [0.1, 0.15) is 19.3 Å². The number of carbonyl (C=O) groups excluding carboxylic acids is 1. The lowest BCUT2D eigenvalue weighted by atomic mass is 9.82. The predicted octanol–water partition coefficient (Wildman–Crippen LogP) is 0.150. The van der Waals surface area contributed by atoms with E-state index in [9.17, 15) is 19.8 Å². The first kappa shape index (κ1) is 11.7. The summed E-state index contributed by atoms with van der Waals surface area (Å²) in [5, 5.41) is 21.3. The van der Waals surface area contributed by atoms with Crippen LogP contribution in [0.2, 0.25) is 0 Å². The number of allylic oxidation sites excluding steroid dienone is 2. The van der Waals surface area contributed by atoms with Gasteiger partial charge in [-0.25, -0.2) is 0 Å². The first-order valence-corrected chi connectivity index (χ1v) is 6.40. The highest BCUT2D eigenvalue weighted by Crippen LogP contribution is 2.48. The van der Waals surface area contributed by atoms with E-state index in [1.165, 1.54) is 0 Å². The molecule has 0 saturated heterocycles. The zero-order valence-electron chi connectivity index (χ0n) is 10.0. The molecular formula is C13H17NO4. The number of aliphatic hydroxyl groups is 1. The topological polar surface area (TPSA) is 86.6 Å². The molecule has 5 heteroatoms. The number of carbonyl (C=O) groups is 2. The summed E-state index contributed by atoms with van der Waals surface area (Å²) in [5.41, 5.74) is -0.467. The summed E-state index contributed by atoms with van der Waals surface area (Å²) < 4.78 is 0.